The van der Waals surface area contributed by atoms with E-state index in [0.29, 0.717) is 0 Å². The Morgan fingerprint density at radius 2 is 1.67 bits per heavy atom. The summed E-state index contributed by atoms with van der Waals surface area (Å²) in [6, 6.07) is 0. The summed E-state index contributed by atoms with van der Waals surface area (Å²) >= 11 is 0. The summed E-state index contributed by atoms with van der Waals surface area (Å²) in [5.74, 6) is 0.822. The average Bonchev–Trinajstić information content (AvgIpc) is 2.81. The summed E-state index contributed by atoms with van der Waals surface area (Å²) < 4.78 is 24.7. The Kier molecular flexibility index (Phi) is 8.34. The van der Waals surface area contributed by atoms with Crippen LogP contribution in [0.5, 0.6) is 0 Å². The molecule has 1 aromatic rings. The van der Waals surface area contributed by atoms with E-state index < -0.39 is 9.05 Å². The lowest BCUT2D eigenvalue weighted by Crippen LogP contribution is -2.03. The second-order valence-electron chi connectivity index (χ2n) is 5.50. The molecule has 0 atom stereocenters. The van der Waals surface area contributed by atoms with E-state index in [0.717, 1.165) is 31.6 Å². The molecule has 0 bridgehead atoms. The predicted molar refractivity (Wildman–Crippen MR) is 87.3 cm³/mol. The average molecular weight is 335 g/mol. The maximum Gasteiger partial charge on any atom is 0.280 e. The highest BCUT2D eigenvalue weighted by Crippen LogP contribution is 2.17. The first-order chi connectivity index (χ1) is 9.99. The van der Waals surface area contributed by atoms with Crippen molar-refractivity contribution < 1.29 is 8.42 Å². The molecule has 0 saturated heterocycles. The van der Waals surface area contributed by atoms with Gasteiger partial charge in [0.25, 0.3) is 9.05 Å². The van der Waals surface area contributed by atoms with Gasteiger partial charge in [0.05, 0.1) is 0 Å². The molecule has 0 saturated carbocycles. The number of aromatic nitrogens is 2. The molecule has 0 fully saturated rings. The molecule has 6 heteroatoms. The molecule has 0 aliphatic carbocycles. The van der Waals surface area contributed by atoms with Gasteiger partial charge in [-0.05, 0) is 12.8 Å². The fourth-order valence-electron chi connectivity index (χ4n) is 2.40. The molecule has 4 nitrogen and oxygen atoms in total. The molecule has 1 aromatic heterocycles. The molecule has 0 amide bonds. The van der Waals surface area contributed by atoms with Crippen molar-refractivity contribution in [2.75, 3.05) is 0 Å². The van der Waals surface area contributed by atoms with Gasteiger partial charge >= 0.3 is 0 Å². The molecule has 0 N–H and O–H groups in total. The SMILES string of the molecule is CCCCCCCCCn1cc(S(=O)(=O)Cl)nc1CCC. The van der Waals surface area contributed by atoms with Gasteiger partial charge in [0.15, 0.2) is 5.03 Å². The lowest BCUT2D eigenvalue weighted by atomic mass is 10.1. The molecule has 0 aliphatic heterocycles. The van der Waals surface area contributed by atoms with Crippen molar-refractivity contribution in [3.63, 3.8) is 0 Å². The quantitative estimate of drug-likeness (QED) is 0.442. The van der Waals surface area contributed by atoms with Crippen molar-refractivity contribution >= 4 is 19.7 Å². The second-order valence-corrected chi connectivity index (χ2v) is 8.01. The van der Waals surface area contributed by atoms with Crippen LogP contribution in [0.1, 0.15) is 71.0 Å². The fraction of sp³-hybridized carbons (Fsp3) is 0.800. The molecular formula is C15H27ClN2O2S. The van der Waals surface area contributed by atoms with Crippen LogP contribution in [0.3, 0.4) is 0 Å². The van der Waals surface area contributed by atoms with Gasteiger partial charge in [-0.2, -0.15) is 0 Å². The Morgan fingerprint density at radius 3 is 2.24 bits per heavy atom. The smallest absolute Gasteiger partial charge is 0.280 e. The number of unbranched alkanes of at least 4 members (excludes halogenated alkanes) is 6. The molecule has 0 spiro atoms. The van der Waals surface area contributed by atoms with Crippen molar-refractivity contribution in [3.05, 3.63) is 12.0 Å². The summed E-state index contributed by atoms with van der Waals surface area (Å²) in [5, 5.41) is -0.0180. The van der Waals surface area contributed by atoms with Crippen LogP contribution in [0.2, 0.25) is 0 Å². The van der Waals surface area contributed by atoms with E-state index in [-0.39, 0.29) is 5.03 Å². The van der Waals surface area contributed by atoms with E-state index in [4.69, 9.17) is 10.7 Å². The zero-order valence-electron chi connectivity index (χ0n) is 13.1. The van der Waals surface area contributed by atoms with E-state index in [1.807, 2.05) is 4.57 Å². The standard InChI is InChI=1S/C15H27ClN2O2S/c1-3-5-6-7-8-9-10-12-18-13-15(21(16,19)20)17-14(18)11-4-2/h13H,3-12H2,1-2H3. The van der Waals surface area contributed by atoms with Gasteiger partial charge in [-0.1, -0.05) is 52.4 Å². The van der Waals surface area contributed by atoms with E-state index in [9.17, 15) is 8.42 Å². The van der Waals surface area contributed by atoms with Gasteiger partial charge in [0.1, 0.15) is 5.82 Å². The van der Waals surface area contributed by atoms with Gasteiger partial charge in [0.2, 0.25) is 0 Å². The van der Waals surface area contributed by atoms with E-state index in [2.05, 4.69) is 18.8 Å². The summed E-state index contributed by atoms with van der Waals surface area (Å²) in [6.07, 6.45) is 12.0. The van der Waals surface area contributed by atoms with Crippen molar-refractivity contribution in [1.29, 1.82) is 0 Å². The molecular weight excluding hydrogens is 308 g/mol. The van der Waals surface area contributed by atoms with Crippen LogP contribution in [-0.4, -0.2) is 18.0 Å². The molecule has 122 valence electrons. The summed E-state index contributed by atoms with van der Waals surface area (Å²) in [6.45, 7) is 5.10. The van der Waals surface area contributed by atoms with Crippen molar-refractivity contribution in [1.82, 2.24) is 9.55 Å². The van der Waals surface area contributed by atoms with Gasteiger partial charge in [0, 0.05) is 29.8 Å². The van der Waals surface area contributed by atoms with Crippen LogP contribution < -0.4 is 0 Å². The van der Waals surface area contributed by atoms with Crippen molar-refractivity contribution in [2.24, 2.45) is 0 Å². The Bertz CT molecular complexity index is 512. The first kappa shape index (κ1) is 18.5. The summed E-state index contributed by atoms with van der Waals surface area (Å²) in [5.41, 5.74) is 0. The van der Waals surface area contributed by atoms with Crippen LogP contribution in [0.4, 0.5) is 0 Å². The molecule has 21 heavy (non-hydrogen) atoms. The number of hydrogen-bond acceptors (Lipinski definition) is 3. The molecule has 1 heterocycles. The lowest BCUT2D eigenvalue weighted by molar-refractivity contribution is 0.538. The largest absolute Gasteiger partial charge is 0.333 e. The fourth-order valence-corrected chi connectivity index (χ4v) is 3.09. The number of imidazole rings is 1. The first-order valence-electron chi connectivity index (χ1n) is 7.99. The zero-order valence-corrected chi connectivity index (χ0v) is 14.7. The lowest BCUT2D eigenvalue weighted by Gasteiger charge is -2.06. The van der Waals surface area contributed by atoms with Crippen LogP contribution in [-0.2, 0) is 22.0 Å². The molecule has 0 aromatic carbocycles. The normalized spacial score (nSPS) is 12.0. The number of rotatable bonds is 11. The Morgan fingerprint density at radius 1 is 1.05 bits per heavy atom. The van der Waals surface area contributed by atoms with Crippen molar-refractivity contribution in [3.8, 4) is 0 Å². The second kappa shape index (κ2) is 9.46. The molecule has 0 radical (unpaired) electrons. The van der Waals surface area contributed by atoms with Gasteiger partial charge in [-0.3, -0.25) is 0 Å². The maximum absolute atomic E-state index is 11.4. The van der Waals surface area contributed by atoms with E-state index >= 15 is 0 Å². The Hall–Kier alpha value is -0.550. The molecule has 1 rings (SSSR count). The van der Waals surface area contributed by atoms with Crippen LogP contribution in [0, 0.1) is 0 Å². The zero-order chi connectivity index (χ0) is 15.7. The van der Waals surface area contributed by atoms with Crippen molar-refractivity contribution in [2.45, 2.75) is 83.2 Å². The number of nitrogens with zero attached hydrogens (tertiary/aromatic N) is 2. The predicted octanol–water partition coefficient (Wildman–Crippen LogP) is 4.51. The van der Waals surface area contributed by atoms with E-state index in [1.54, 1.807) is 6.20 Å². The summed E-state index contributed by atoms with van der Waals surface area (Å²) in [7, 11) is 1.64. The molecule has 0 aliphatic rings. The van der Waals surface area contributed by atoms with Gasteiger partial charge in [-0.15, -0.1) is 0 Å². The number of hydrogen-bond donors (Lipinski definition) is 0. The van der Waals surface area contributed by atoms with Crippen LogP contribution in [0.15, 0.2) is 11.2 Å². The highest BCUT2D eigenvalue weighted by molar-refractivity contribution is 8.13. The highest BCUT2D eigenvalue weighted by Gasteiger charge is 2.17. The summed E-state index contributed by atoms with van der Waals surface area (Å²) in [4.78, 5) is 4.15. The monoisotopic (exact) mass is 334 g/mol. The first-order valence-corrected chi connectivity index (χ1v) is 10.3. The third-order valence-electron chi connectivity index (χ3n) is 3.56. The maximum atomic E-state index is 11.4. The number of halogens is 1. The minimum absolute atomic E-state index is 0.0180. The van der Waals surface area contributed by atoms with Crippen LogP contribution >= 0.6 is 10.7 Å². The Labute approximate surface area is 133 Å². The third kappa shape index (κ3) is 6.83. The van der Waals surface area contributed by atoms with E-state index in [1.165, 1.54) is 38.5 Å². The third-order valence-corrected chi connectivity index (χ3v) is 4.73. The highest BCUT2D eigenvalue weighted by atomic mass is 35.7. The van der Waals surface area contributed by atoms with Crippen LogP contribution in [0.25, 0.3) is 0 Å². The van der Waals surface area contributed by atoms with Gasteiger partial charge < -0.3 is 4.57 Å². The minimum atomic E-state index is -3.73. The Balaban J connectivity index is 2.48. The number of aryl methyl sites for hydroxylation is 2. The minimum Gasteiger partial charge on any atom is -0.333 e. The van der Waals surface area contributed by atoms with Gasteiger partial charge in [-0.25, -0.2) is 13.4 Å². The topological polar surface area (TPSA) is 52.0 Å². The molecule has 0 unspecified atom stereocenters.